The van der Waals surface area contributed by atoms with Crippen LogP contribution in [-0.4, -0.2) is 31.1 Å². The summed E-state index contributed by atoms with van der Waals surface area (Å²) in [7, 11) is 0. The van der Waals surface area contributed by atoms with Gasteiger partial charge in [-0.05, 0) is 46.5 Å². The summed E-state index contributed by atoms with van der Waals surface area (Å²) in [5.74, 6) is -0.219. The minimum Gasteiger partial charge on any atom is -0.348 e. The molecule has 1 saturated carbocycles. The van der Waals surface area contributed by atoms with E-state index in [1.807, 2.05) is 0 Å². The Kier molecular flexibility index (Phi) is 5.43. The fourth-order valence-corrected chi connectivity index (χ4v) is 3.12. The molecule has 1 aliphatic heterocycles. The molecule has 2 aliphatic rings. The van der Waals surface area contributed by atoms with E-state index < -0.39 is 0 Å². The lowest BCUT2D eigenvalue weighted by Crippen LogP contribution is -2.44. The Bertz CT molecular complexity index is 294. The van der Waals surface area contributed by atoms with Crippen LogP contribution >= 0.6 is 0 Å². The largest absolute Gasteiger partial charge is 0.348 e. The molecule has 1 heterocycles. The third kappa shape index (κ3) is 4.59. The van der Waals surface area contributed by atoms with Crippen molar-refractivity contribution >= 4 is 0 Å². The summed E-state index contributed by atoms with van der Waals surface area (Å²) in [6.07, 6.45) is 9.17. The number of allylic oxidation sites excluding steroid dienone is 2. The van der Waals surface area contributed by atoms with Gasteiger partial charge in [-0.25, -0.2) is 0 Å². The van der Waals surface area contributed by atoms with E-state index in [9.17, 15) is 0 Å². The van der Waals surface area contributed by atoms with Crippen LogP contribution in [0, 0.1) is 0 Å². The van der Waals surface area contributed by atoms with Gasteiger partial charge in [-0.1, -0.05) is 11.6 Å². The third-order valence-corrected chi connectivity index (χ3v) is 4.23. The maximum absolute atomic E-state index is 5.77. The van der Waals surface area contributed by atoms with Crippen LogP contribution in [0.1, 0.15) is 59.3 Å². The van der Waals surface area contributed by atoms with Gasteiger partial charge in [0.25, 0.3) is 0 Å². The van der Waals surface area contributed by atoms with Crippen LogP contribution in [0.5, 0.6) is 0 Å². The van der Waals surface area contributed by atoms with Crippen molar-refractivity contribution in [2.75, 3.05) is 13.2 Å². The average Bonchev–Trinajstić information content (AvgIpc) is 2.81. The highest BCUT2D eigenvalue weighted by molar-refractivity contribution is 4.93. The number of hydrogen-bond acceptors (Lipinski definition) is 3. The molecule has 0 radical (unpaired) electrons. The zero-order valence-electron chi connectivity index (χ0n) is 12.7. The minimum atomic E-state index is -0.219. The van der Waals surface area contributed by atoms with Crippen molar-refractivity contribution in [1.82, 2.24) is 5.32 Å². The highest BCUT2D eigenvalue weighted by atomic mass is 16.7. The highest BCUT2D eigenvalue weighted by Crippen LogP contribution is 2.35. The first-order valence-corrected chi connectivity index (χ1v) is 7.77. The van der Waals surface area contributed by atoms with Crippen LogP contribution in [-0.2, 0) is 9.47 Å². The van der Waals surface area contributed by atoms with E-state index in [2.05, 4.69) is 32.2 Å². The monoisotopic (exact) mass is 267 g/mol. The quantitative estimate of drug-likeness (QED) is 0.774. The number of rotatable bonds is 5. The van der Waals surface area contributed by atoms with E-state index in [1.54, 1.807) is 0 Å². The van der Waals surface area contributed by atoms with Crippen LogP contribution in [0.2, 0.25) is 0 Å². The van der Waals surface area contributed by atoms with Crippen molar-refractivity contribution in [2.45, 2.75) is 77.2 Å². The predicted octanol–water partition coefficient (Wildman–Crippen LogP) is 3.40. The fourth-order valence-electron chi connectivity index (χ4n) is 3.12. The molecular formula is C16H29NO2. The Balaban J connectivity index is 1.66. The van der Waals surface area contributed by atoms with Gasteiger partial charge in [-0.2, -0.15) is 0 Å². The normalized spacial score (nSPS) is 24.6. The molecule has 110 valence electrons. The predicted molar refractivity (Wildman–Crippen MR) is 78.2 cm³/mol. The van der Waals surface area contributed by atoms with Crippen molar-refractivity contribution in [1.29, 1.82) is 0 Å². The Labute approximate surface area is 117 Å². The van der Waals surface area contributed by atoms with Crippen molar-refractivity contribution in [2.24, 2.45) is 0 Å². The van der Waals surface area contributed by atoms with Gasteiger partial charge in [0.2, 0.25) is 0 Å². The molecule has 1 saturated heterocycles. The van der Waals surface area contributed by atoms with Crippen LogP contribution in [0.15, 0.2) is 11.6 Å². The van der Waals surface area contributed by atoms with Gasteiger partial charge in [0.15, 0.2) is 5.79 Å². The summed E-state index contributed by atoms with van der Waals surface area (Å²) < 4.78 is 11.5. The molecule has 1 N–H and O–H groups in total. The Morgan fingerprint density at radius 3 is 2.47 bits per heavy atom. The second kappa shape index (κ2) is 6.87. The molecule has 3 nitrogen and oxygen atoms in total. The van der Waals surface area contributed by atoms with Crippen LogP contribution < -0.4 is 5.32 Å². The van der Waals surface area contributed by atoms with E-state index in [4.69, 9.17) is 9.47 Å². The molecule has 0 aromatic rings. The molecule has 1 aliphatic carbocycles. The van der Waals surface area contributed by atoms with Gasteiger partial charge in [-0.15, -0.1) is 0 Å². The molecule has 0 amide bonds. The number of hydrogen-bond donors (Lipinski definition) is 1. The number of ether oxygens (including phenoxy) is 2. The second-order valence-electron chi connectivity index (χ2n) is 6.31. The second-order valence-corrected chi connectivity index (χ2v) is 6.31. The standard InChI is InChI=1S/C16H29NO2/c1-13(2)5-4-6-14(3)17-15-7-9-16(10-8-15)18-11-12-19-16/h5,14-15,17H,4,6-12H2,1-3H3. The molecule has 0 aromatic carbocycles. The molecule has 2 fully saturated rings. The van der Waals surface area contributed by atoms with Crippen molar-refractivity contribution in [3.05, 3.63) is 11.6 Å². The van der Waals surface area contributed by atoms with Gasteiger partial charge in [0.05, 0.1) is 13.2 Å². The first kappa shape index (κ1) is 15.0. The van der Waals surface area contributed by atoms with Crippen molar-refractivity contribution in [3.63, 3.8) is 0 Å². The zero-order valence-corrected chi connectivity index (χ0v) is 12.7. The molecule has 3 heteroatoms. The third-order valence-electron chi connectivity index (χ3n) is 4.23. The van der Waals surface area contributed by atoms with E-state index in [1.165, 1.54) is 31.3 Å². The van der Waals surface area contributed by atoms with Gasteiger partial charge >= 0.3 is 0 Å². The van der Waals surface area contributed by atoms with Crippen LogP contribution in [0.4, 0.5) is 0 Å². The summed E-state index contributed by atoms with van der Waals surface area (Å²) in [6, 6.07) is 1.24. The molecule has 1 unspecified atom stereocenters. The molecular weight excluding hydrogens is 238 g/mol. The zero-order chi connectivity index (χ0) is 13.7. The Morgan fingerprint density at radius 2 is 1.89 bits per heavy atom. The summed E-state index contributed by atoms with van der Waals surface area (Å²) >= 11 is 0. The van der Waals surface area contributed by atoms with Crippen LogP contribution in [0.3, 0.4) is 0 Å². The fraction of sp³-hybridized carbons (Fsp3) is 0.875. The summed E-state index contributed by atoms with van der Waals surface area (Å²) in [5, 5.41) is 3.76. The average molecular weight is 267 g/mol. The summed E-state index contributed by atoms with van der Waals surface area (Å²) in [5.41, 5.74) is 1.42. The molecule has 19 heavy (non-hydrogen) atoms. The molecule has 1 spiro atoms. The highest BCUT2D eigenvalue weighted by Gasteiger charge is 2.40. The lowest BCUT2D eigenvalue weighted by atomic mass is 9.89. The summed E-state index contributed by atoms with van der Waals surface area (Å²) in [6.45, 7) is 8.18. The first-order chi connectivity index (χ1) is 9.10. The van der Waals surface area contributed by atoms with Crippen LogP contribution in [0.25, 0.3) is 0 Å². The van der Waals surface area contributed by atoms with E-state index in [-0.39, 0.29) is 5.79 Å². The molecule has 1 atom stereocenters. The van der Waals surface area contributed by atoms with Gasteiger partial charge in [-0.3, -0.25) is 0 Å². The topological polar surface area (TPSA) is 30.5 Å². The lowest BCUT2D eigenvalue weighted by molar-refractivity contribution is -0.179. The molecule has 0 bridgehead atoms. The SMILES string of the molecule is CC(C)=CCCC(C)NC1CCC2(CC1)OCCO2. The molecule has 0 aromatic heterocycles. The smallest absolute Gasteiger partial charge is 0.168 e. The first-order valence-electron chi connectivity index (χ1n) is 7.77. The van der Waals surface area contributed by atoms with E-state index >= 15 is 0 Å². The summed E-state index contributed by atoms with van der Waals surface area (Å²) in [4.78, 5) is 0. The maximum Gasteiger partial charge on any atom is 0.168 e. The van der Waals surface area contributed by atoms with E-state index in [0.717, 1.165) is 26.1 Å². The van der Waals surface area contributed by atoms with Gasteiger partial charge in [0.1, 0.15) is 0 Å². The Hall–Kier alpha value is -0.380. The maximum atomic E-state index is 5.77. The van der Waals surface area contributed by atoms with E-state index in [0.29, 0.717) is 12.1 Å². The van der Waals surface area contributed by atoms with Crippen molar-refractivity contribution in [3.8, 4) is 0 Å². The van der Waals surface area contributed by atoms with Gasteiger partial charge < -0.3 is 14.8 Å². The van der Waals surface area contributed by atoms with Gasteiger partial charge in [0, 0.05) is 24.9 Å². The molecule has 2 rings (SSSR count). The van der Waals surface area contributed by atoms with Crippen molar-refractivity contribution < 1.29 is 9.47 Å². The Morgan fingerprint density at radius 1 is 1.26 bits per heavy atom. The minimum absolute atomic E-state index is 0.219. The number of nitrogens with one attached hydrogen (secondary N) is 1. The lowest BCUT2D eigenvalue weighted by Gasteiger charge is -2.36.